The number of nitrogens with one attached hydrogen (secondary N) is 2. The number of carbonyl (C=O) groups excluding carboxylic acids is 2. The number of esters is 1. The highest BCUT2D eigenvalue weighted by Gasteiger charge is 2.18. The summed E-state index contributed by atoms with van der Waals surface area (Å²) in [5, 5.41) is 21.7. The van der Waals surface area contributed by atoms with Gasteiger partial charge in [0, 0.05) is 19.6 Å². The van der Waals surface area contributed by atoms with Crippen LogP contribution in [-0.4, -0.2) is 54.5 Å². The molecule has 0 aliphatic carbocycles. The maximum atomic E-state index is 11.2. The van der Waals surface area contributed by atoms with Gasteiger partial charge in [0.05, 0.1) is 13.5 Å². The van der Waals surface area contributed by atoms with Crippen LogP contribution in [0.15, 0.2) is 0 Å². The molecular formula is C9H16N2O6. The number of hydrogen-bond acceptors (Lipinski definition) is 5. The van der Waals surface area contributed by atoms with Crippen LogP contribution in [0.3, 0.4) is 0 Å². The lowest BCUT2D eigenvalue weighted by Crippen LogP contribution is -2.46. The summed E-state index contributed by atoms with van der Waals surface area (Å²) in [5.41, 5.74) is 0. The Morgan fingerprint density at radius 3 is 2.47 bits per heavy atom. The molecule has 0 saturated carbocycles. The van der Waals surface area contributed by atoms with Crippen LogP contribution in [0.2, 0.25) is 0 Å². The maximum absolute atomic E-state index is 11.2. The Morgan fingerprint density at radius 1 is 1.35 bits per heavy atom. The van der Waals surface area contributed by atoms with E-state index < -0.39 is 24.0 Å². The van der Waals surface area contributed by atoms with Gasteiger partial charge in [0.25, 0.3) is 0 Å². The molecular weight excluding hydrogens is 232 g/mol. The number of hydrogen-bond donors (Lipinski definition) is 4. The van der Waals surface area contributed by atoms with Crippen molar-refractivity contribution in [1.29, 1.82) is 0 Å². The molecule has 17 heavy (non-hydrogen) atoms. The quantitative estimate of drug-likeness (QED) is 0.414. The minimum atomic E-state index is -1.23. The van der Waals surface area contributed by atoms with Crippen LogP contribution in [0.5, 0.6) is 0 Å². The average Bonchev–Trinajstić information content (AvgIpc) is 2.28. The lowest BCUT2D eigenvalue weighted by Gasteiger charge is -2.13. The van der Waals surface area contributed by atoms with Crippen molar-refractivity contribution in [2.24, 2.45) is 0 Å². The van der Waals surface area contributed by atoms with Crippen LogP contribution in [0, 0.1) is 0 Å². The number of carboxylic acids is 1. The molecule has 0 aliphatic heterocycles. The molecule has 0 spiro atoms. The fraction of sp³-hybridized carbons (Fsp3) is 0.667. The van der Waals surface area contributed by atoms with Crippen LogP contribution >= 0.6 is 0 Å². The minimum Gasteiger partial charge on any atom is -0.480 e. The Kier molecular flexibility index (Phi) is 7.44. The number of aliphatic hydroxyl groups excluding tert-OH is 1. The van der Waals surface area contributed by atoms with Gasteiger partial charge in [0.1, 0.15) is 6.04 Å². The van der Waals surface area contributed by atoms with Gasteiger partial charge in [-0.15, -0.1) is 0 Å². The van der Waals surface area contributed by atoms with E-state index in [0.29, 0.717) is 0 Å². The van der Waals surface area contributed by atoms with Crippen LogP contribution in [-0.2, 0) is 14.3 Å². The van der Waals surface area contributed by atoms with E-state index in [1.165, 1.54) is 7.11 Å². The summed E-state index contributed by atoms with van der Waals surface area (Å²) in [6.45, 7) is -0.302. The minimum absolute atomic E-state index is 0.00164. The third kappa shape index (κ3) is 7.12. The number of aliphatic hydroxyl groups is 1. The number of amides is 2. The van der Waals surface area contributed by atoms with E-state index in [1.54, 1.807) is 0 Å². The van der Waals surface area contributed by atoms with Gasteiger partial charge in [-0.2, -0.15) is 0 Å². The summed E-state index contributed by atoms with van der Waals surface area (Å²) in [6.07, 6.45) is -0.0819. The van der Waals surface area contributed by atoms with E-state index in [-0.39, 0.29) is 26.0 Å². The fourth-order valence-corrected chi connectivity index (χ4v) is 0.976. The highest BCUT2D eigenvalue weighted by molar-refractivity contribution is 5.82. The maximum Gasteiger partial charge on any atom is 0.326 e. The lowest BCUT2D eigenvalue weighted by molar-refractivity contribution is -0.141. The van der Waals surface area contributed by atoms with E-state index in [2.05, 4.69) is 15.4 Å². The molecule has 4 N–H and O–H groups in total. The van der Waals surface area contributed by atoms with Crippen molar-refractivity contribution in [3.05, 3.63) is 0 Å². The summed E-state index contributed by atoms with van der Waals surface area (Å²) in [7, 11) is 1.23. The van der Waals surface area contributed by atoms with Crippen molar-refractivity contribution in [3.8, 4) is 0 Å². The van der Waals surface area contributed by atoms with Gasteiger partial charge in [-0.3, -0.25) is 4.79 Å². The van der Waals surface area contributed by atoms with Crippen molar-refractivity contribution in [1.82, 2.24) is 10.6 Å². The number of urea groups is 1. The summed E-state index contributed by atoms with van der Waals surface area (Å²) < 4.78 is 4.35. The first-order chi connectivity index (χ1) is 8.01. The lowest BCUT2D eigenvalue weighted by atomic mass is 10.2. The Hall–Kier alpha value is -1.83. The number of rotatable bonds is 7. The summed E-state index contributed by atoms with van der Waals surface area (Å²) in [6, 6.07) is -1.87. The topological polar surface area (TPSA) is 125 Å². The molecule has 0 aromatic heterocycles. The molecule has 0 heterocycles. The first-order valence-electron chi connectivity index (χ1n) is 4.96. The van der Waals surface area contributed by atoms with Crippen molar-refractivity contribution >= 4 is 18.0 Å². The molecule has 0 aromatic rings. The van der Waals surface area contributed by atoms with Crippen LogP contribution < -0.4 is 10.6 Å². The fourth-order valence-electron chi connectivity index (χ4n) is 0.976. The molecule has 98 valence electrons. The molecule has 0 aliphatic rings. The largest absolute Gasteiger partial charge is 0.480 e. The standard InChI is InChI=1S/C9H16N2O6/c1-17-7(13)2-4-10-9(16)11-6(3-5-12)8(14)15/h6,12H,2-5H2,1H3,(H,14,15)(H2,10,11,16)/t6-/m0/s1. The molecule has 0 unspecified atom stereocenters. The van der Waals surface area contributed by atoms with E-state index >= 15 is 0 Å². The number of ether oxygens (including phenoxy) is 1. The number of aliphatic carboxylic acids is 1. The molecule has 0 saturated heterocycles. The molecule has 8 heteroatoms. The van der Waals surface area contributed by atoms with Gasteiger partial charge in [-0.05, 0) is 0 Å². The van der Waals surface area contributed by atoms with Crippen molar-refractivity contribution in [3.63, 3.8) is 0 Å². The van der Waals surface area contributed by atoms with Crippen molar-refractivity contribution in [2.45, 2.75) is 18.9 Å². The SMILES string of the molecule is COC(=O)CCNC(=O)N[C@@H](CCO)C(=O)O. The van der Waals surface area contributed by atoms with E-state index in [4.69, 9.17) is 10.2 Å². The van der Waals surface area contributed by atoms with Gasteiger partial charge in [0.15, 0.2) is 0 Å². The van der Waals surface area contributed by atoms with Crippen LogP contribution in [0.4, 0.5) is 4.79 Å². The third-order valence-electron chi connectivity index (χ3n) is 1.86. The highest BCUT2D eigenvalue weighted by Crippen LogP contribution is 1.91. The Balaban J connectivity index is 3.90. The van der Waals surface area contributed by atoms with Crippen molar-refractivity contribution in [2.75, 3.05) is 20.3 Å². The van der Waals surface area contributed by atoms with Gasteiger partial charge in [-0.1, -0.05) is 0 Å². The zero-order valence-electron chi connectivity index (χ0n) is 9.43. The van der Waals surface area contributed by atoms with Crippen LogP contribution in [0.1, 0.15) is 12.8 Å². The summed E-state index contributed by atoms with van der Waals surface area (Å²) in [4.78, 5) is 32.5. The van der Waals surface area contributed by atoms with Gasteiger partial charge >= 0.3 is 18.0 Å². The monoisotopic (exact) mass is 248 g/mol. The Morgan fingerprint density at radius 2 is 2.00 bits per heavy atom. The molecule has 0 radical (unpaired) electrons. The van der Waals surface area contributed by atoms with E-state index in [0.717, 1.165) is 0 Å². The van der Waals surface area contributed by atoms with E-state index in [9.17, 15) is 14.4 Å². The molecule has 0 rings (SSSR count). The highest BCUT2D eigenvalue weighted by atomic mass is 16.5. The Bertz CT molecular complexity index is 281. The predicted octanol–water partition coefficient (Wildman–Crippen LogP) is -1.32. The normalized spacial score (nSPS) is 11.4. The molecule has 0 bridgehead atoms. The second-order valence-electron chi connectivity index (χ2n) is 3.13. The van der Waals surface area contributed by atoms with Crippen LogP contribution in [0.25, 0.3) is 0 Å². The predicted molar refractivity (Wildman–Crippen MR) is 56.3 cm³/mol. The first-order valence-corrected chi connectivity index (χ1v) is 4.96. The van der Waals surface area contributed by atoms with Crippen molar-refractivity contribution < 1.29 is 29.3 Å². The summed E-state index contributed by atoms with van der Waals surface area (Å²) >= 11 is 0. The zero-order chi connectivity index (χ0) is 13.3. The number of carbonyl (C=O) groups is 3. The van der Waals surface area contributed by atoms with Gasteiger partial charge < -0.3 is 25.6 Å². The van der Waals surface area contributed by atoms with E-state index in [1.807, 2.05) is 0 Å². The number of carboxylic acid groups (broad SMARTS) is 1. The van der Waals surface area contributed by atoms with Gasteiger partial charge in [0.2, 0.25) is 0 Å². The number of methoxy groups -OCH3 is 1. The first kappa shape index (κ1) is 15.2. The third-order valence-corrected chi connectivity index (χ3v) is 1.86. The summed E-state index contributed by atoms with van der Waals surface area (Å²) in [5.74, 6) is -1.71. The molecule has 2 amide bonds. The van der Waals surface area contributed by atoms with Gasteiger partial charge in [-0.25, -0.2) is 9.59 Å². The second kappa shape index (κ2) is 8.34. The molecule has 0 fully saturated rings. The zero-order valence-corrected chi connectivity index (χ0v) is 9.43. The molecule has 8 nitrogen and oxygen atoms in total. The Labute approximate surface area is 97.9 Å². The molecule has 1 atom stereocenters. The second-order valence-corrected chi connectivity index (χ2v) is 3.13. The average molecular weight is 248 g/mol. The molecule has 0 aromatic carbocycles. The smallest absolute Gasteiger partial charge is 0.326 e.